The van der Waals surface area contributed by atoms with E-state index in [1.54, 1.807) is 0 Å². The topological polar surface area (TPSA) is 61.4 Å². The fourth-order valence-electron chi connectivity index (χ4n) is 2.17. The van der Waals surface area contributed by atoms with Crippen molar-refractivity contribution in [3.63, 3.8) is 0 Å². The lowest BCUT2D eigenvalue weighted by Crippen LogP contribution is -2.27. The van der Waals surface area contributed by atoms with E-state index >= 15 is 0 Å². The summed E-state index contributed by atoms with van der Waals surface area (Å²) in [6.45, 7) is 0.840. The van der Waals surface area contributed by atoms with Gasteiger partial charge in [-0.05, 0) is 37.6 Å². The monoisotopic (exact) mass is 288 g/mol. The predicted octanol–water partition coefficient (Wildman–Crippen LogP) is 2.49. The highest BCUT2D eigenvalue weighted by Crippen LogP contribution is 2.34. The molecule has 0 aromatic heterocycles. The van der Waals surface area contributed by atoms with Crippen LogP contribution in [0, 0.1) is 0 Å². The van der Waals surface area contributed by atoms with Gasteiger partial charge in [0.1, 0.15) is 5.75 Å². The Bertz CT molecular complexity index is 497. The number of carbonyl (C=O) groups excluding carboxylic acids is 1. The SMILES string of the molecule is O=C(CC1CCCN1)Nc1cc(C(F)(F)F)ccc1O. The van der Waals surface area contributed by atoms with Gasteiger partial charge >= 0.3 is 6.18 Å². The van der Waals surface area contributed by atoms with Gasteiger partial charge in [0, 0.05) is 12.5 Å². The van der Waals surface area contributed by atoms with Crippen LogP contribution in [0.4, 0.5) is 18.9 Å². The zero-order valence-electron chi connectivity index (χ0n) is 10.6. The number of phenols is 1. The molecule has 1 aliphatic rings. The summed E-state index contributed by atoms with van der Waals surface area (Å²) in [4.78, 5) is 11.7. The smallest absolute Gasteiger partial charge is 0.416 e. The Hall–Kier alpha value is -1.76. The van der Waals surface area contributed by atoms with E-state index in [-0.39, 0.29) is 23.9 Å². The predicted molar refractivity (Wildman–Crippen MR) is 67.4 cm³/mol. The van der Waals surface area contributed by atoms with Gasteiger partial charge in [-0.2, -0.15) is 13.2 Å². The Kier molecular flexibility index (Phi) is 4.17. The molecule has 1 unspecified atom stereocenters. The molecule has 1 aromatic rings. The minimum atomic E-state index is -4.51. The molecular formula is C13H15F3N2O2. The van der Waals surface area contributed by atoms with Gasteiger partial charge in [-0.15, -0.1) is 0 Å². The van der Waals surface area contributed by atoms with Crippen molar-refractivity contribution in [3.8, 4) is 5.75 Å². The average molecular weight is 288 g/mol. The lowest BCUT2D eigenvalue weighted by molar-refractivity contribution is -0.137. The highest BCUT2D eigenvalue weighted by Gasteiger charge is 2.31. The molecule has 1 aliphatic heterocycles. The number of hydrogen-bond acceptors (Lipinski definition) is 3. The Morgan fingerprint density at radius 1 is 1.45 bits per heavy atom. The lowest BCUT2D eigenvalue weighted by Gasteiger charge is -2.13. The van der Waals surface area contributed by atoms with Crippen molar-refractivity contribution in [1.82, 2.24) is 5.32 Å². The first-order valence-electron chi connectivity index (χ1n) is 6.29. The quantitative estimate of drug-likeness (QED) is 0.749. The second kappa shape index (κ2) is 5.70. The van der Waals surface area contributed by atoms with Crippen LogP contribution in [0.2, 0.25) is 0 Å². The number of halogens is 3. The van der Waals surface area contributed by atoms with Crippen LogP contribution >= 0.6 is 0 Å². The fraction of sp³-hybridized carbons (Fsp3) is 0.462. The standard InChI is InChI=1S/C13H15F3N2O2/c14-13(15,16)8-3-4-11(19)10(6-8)18-12(20)7-9-2-1-5-17-9/h3-4,6,9,17,19H,1-2,5,7H2,(H,18,20). The largest absolute Gasteiger partial charge is 0.506 e. The van der Waals surface area contributed by atoms with Gasteiger partial charge in [0.25, 0.3) is 0 Å². The molecule has 4 nitrogen and oxygen atoms in total. The summed E-state index contributed by atoms with van der Waals surface area (Å²) in [5, 5.41) is 15.0. The van der Waals surface area contributed by atoms with Crippen molar-refractivity contribution in [2.75, 3.05) is 11.9 Å². The summed E-state index contributed by atoms with van der Waals surface area (Å²) in [5.74, 6) is -0.801. The third-order valence-electron chi connectivity index (χ3n) is 3.19. The van der Waals surface area contributed by atoms with Crippen molar-refractivity contribution < 1.29 is 23.1 Å². The van der Waals surface area contributed by atoms with E-state index in [0.29, 0.717) is 0 Å². The first kappa shape index (κ1) is 14.6. The number of alkyl halides is 3. The molecule has 1 heterocycles. The van der Waals surface area contributed by atoms with Gasteiger partial charge in [-0.1, -0.05) is 0 Å². The normalized spacial score (nSPS) is 19.1. The highest BCUT2D eigenvalue weighted by molar-refractivity contribution is 5.92. The van der Waals surface area contributed by atoms with Crippen LogP contribution in [0.15, 0.2) is 18.2 Å². The summed E-state index contributed by atoms with van der Waals surface area (Å²) < 4.78 is 37.7. The van der Waals surface area contributed by atoms with Gasteiger partial charge in [-0.3, -0.25) is 4.79 Å². The maximum Gasteiger partial charge on any atom is 0.416 e. The number of rotatable bonds is 3. The second-order valence-corrected chi connectivity index (χ2v) is 4.78. The number of anilines is 1. The number of aromatic hydroxyl groups is 1. The van der Waals surface area contributed by atoms with Crippen molar-refractivity contribution >= 4 is 11.6 Å². The van der Waals surface area contributed by atoms with Crippen LogP contribution in [-0.4, -0.2) is 23.6 Å². The maximum atomic E-state index is 12.6. The number of nitrogens with one attached hydrogen (secondary N) is 2. The number of carbonyl (C=O) groups is 1. The Morgan fingerprint density at radius 3 is 2.80 bits per heavy atom. The summed E-state index contributed by atoms with van der Waals surface area (Å²) in [5.41, 5.74) is -1.13. The van der Waals surface area contributed by atoms with Crippen molar-refractivity contribution in [1.29, 1.82) is 0 Å². The third kappa shape index (κ3) is 3.63. The summed E-state index contributed by atoms with van der Waals surface area (Å²) in [7, 11) is 0. The Balaban J connectivity index is 2.06. The van der Waals surface area contributed by atoms with E-state index in [2.05, 4.69) is 10.6 Å². The van der Waals surface area contributed by atoms with E-state index in [9.17, 15) is 23.1 Å². The molecule has 0 bridgehead atoms. The van der Waals surface area contributed by atoms with Gasteiger partial charge in [0.05, 0.1) is 11.3 Å². The fourth-order valence-corrected chi connectivity index (χ4v) is 2.17. The third-order valence-corrected chi connectivity index (χ3v) is 3.19. The molecule has 0 aliphatic carbocycles. The molecule has 1 aromatic carbocycles. The van der Waals surface area contributed by atoms with Gasteiger partial charge in [-0.25, -0.2) is 0 Å². The van der Waals surface area contributed by atoms with Gasteiger partial charge < -0.3 is 15.7 Å². The molecule has 7 heteroatoms. The van der Waals surface area contributed by atoms with Crippen LogP contribution in [0.3, 0.4) is 0 Å². The van der Waals surface area contributed by atoms with Crippen molar-refractivity contribution in [3.05, 3.63) is 23.8 Å². The zero-order valence-corrected chi connectivity index (χ0v) is 10.6. The first-order valence-corrected chi connectivity index (χ1v) is 6.29. The van der Waals surface area contributed by atoms with Gasteiger partial charge in [0.2, 0.25) is 5.91 Å². The Labute approximate surface area is 114 Å². The lowest BCUT2D eigenvalue weighted by atomic mass is 10.1. The van der Waals surface area contributed by atoms with Crippen LogP contribution in [0.1, 0.15) is 24.8 Å². The average Bonchev–Trinajstić information content (AvgIpc) is 2.83. The van der Waals surface area contributed by atoms with E-state index in [4.69, 9.17) is 0 Å². The second-order valence-electron chi connectivity index (χ2n) is 4.78. The molecule has 1 fully saturated rings. The molecule has 20 heavy (non-hydrogen) atoms. The zero-order chi connectivity index (χ0) is 14.8. The minimum Gasteiger partial charge on any atom is -0.506 e. The summed E-state index contributed by atoms with van der Waals surface area (Å²) in [6.07, 6.45) is -2.50. The van der Waals surface area contributed by atoms with E-state index in [1.165, 1.54) is 0 Å². The van der Waals surface area contributed by atoms with Crippen molar-refractivity contribution in [2.24, 2.45) is 0 Å². The molecule has 1 atom stereocenters. The van der Waals surface area contributed by atoms with Crippen LogP contribution in [0.5, 0.6) is 5.75 Å². The number of amides is 1. The number of benzene rings is 1. The molecule has 0 radical (unpaired) electrons. The molecule has 110 valence electrons. The van der Waals surface area contributed by atoms with Gasteiger partial charge in [0.15, 0.2) is 0 Å². The van der Waals surface area contributed by atoms with E-state index < -0.39 is 17.6 Å². The molecular weight excluding hydrogens is 273 g/mol. The highest BCUT2D eigenvalue weighted by atomic mass is 19.4. The summed E-state index contributed by atoms with van der Waals surface area (Å²) >= 11 is 0. The molecule has 1 amide bonds. The van der Waals surface area contributed by atoms with Crippen molar-refractivity contribution in [2.45, 2.75) is 31.5 Å². The molecule has 3 N–H and O–H groups in total. The molecule has 1 saturated heterocycles. The Morgan fingerprint density at radius 2 is 2.20 bits per heavy atom. The number of hydrogen-bond donors (Lipinski definition) is 3. The molecule has 2 rings (SSSR count). The maximum absolute atomic E-state index is 12.6. The molecule has 0 saturated carbocycles. The van der Waals surface area contributed by atoms with Crippen LogP contribution in [-0.2, 0) is 11.0 Å². The molecule has 0 spiro atoms. The number of phenolic OH excluding ortho intramolecular Hbond substituents is 1. The first-order chi connectivity index (χ1) is 9.36. The minimum absolute atomic E-state index is 0.0444. The van der Waals surface area contributed by atoms with E-state index in [1.807, 2.05) is 0 Å². The van der Waals surface area contributed by atoms with Crippen LogP contribution in [0.25, 0.3) is 0 Å². The van der Waals surface area contributed by atoms with Crippen LogP contribution < -0.4 is 10.6 Å². The summed E-state index contributed by atoms with van der Waals surface area (Å²) in [6, 6.07) is 2.47. The van der Waals surface area contributed by atoms with E-state index in [0.717, 1.165) is 37.6 Å².